The molecule has 0 spiro atoms. The van der Waals surface area contributed by atoms with Gasteiger partial charge < -0.3 is 16.0 Å². The third kappa shape index (κ3) is 4.05. The largest absolute Gasteiger partial charge is 0.349 e. The van der Waals surface area contributed by atoms with E-state index in [1.807, 2.05) is 13.8 Å². The van der Waals surface area contributed by atoms with E-state index in [0.717, 1.165) is 12.1 Å². The summed E-state index contributed by atoms with van der Waals surface area (Å²) in [5, 5.41) is 7.47. The topological polar surface area (TPSA) is 70.2 Å². The molecule has 1 unspecified atom stereocenters. The minimum absolute atomic E-state index is 0.174. The van der Waals surface area contributed by atoms with Gasteiger partial charge in [0.1, 0.15) is 17.5 Å². The van der Waals surface area contributed by atoms with E-state index >= 15 is 0 Å². The van der Waals surface area contributed by atoms with Gasteiger partial charge in [-0.25, -0.2) is 18.0 Å². The summed E-state index contributed by atoms with van der Waals surface area (Å²) >= 11 is 0. The second-order valence-corrected chi connectivity index (χ2v) is 7.11. The third-order valence-electron chi connectivity index (χ3n) is 4.45. The number of hydrogen-bond acceptors (Lipinski definition) is 2. The van der Waals surface area contributed by atoms with E-state index < -0.39 is 34.9 Å². The standard InChI is InChI=1S/C19H18F3N3O2/c1-19(2)9-16(26)25-17(19)12-8-11(4-5-13(12)21)23-18(27)24-15-6-3-10(20)7-14(15)22/h3-8,17H,9H2,1-2H3,(H,25,26)(H2,23,24,27). The summed E-state index contributed by atoms with van der Waals surface area (Å²) in [6, 6.07) is 5.41. The zero-order chi connectivity index (χ0) is 19.8. The van der Waals surface area contributed by atoms with Gasteiger partial charge in [0, 0.05) is 23.7 Å². The van der Waals surface area contributed by atoms with Gasteiger partial charge in [0.15, 0.2) is 0 Å². The number of nitrogens with one attached hydrogen (secondary N) is 3. The number of carbonyl (C=O) groups is 2. The van der Waals surface area contributed by atoms with E-state index in [9.17, 15) is 22.8 Å². The first-order chi connectivity index (χ1) is 12.7. The summed E-state index contributed by atoms with van der Waals surface area (Å²) in [7, 11) is 0. The lowest BCUT2D eigenvalue weighted by molar-refractivity contribution is -0.119. The van der Waals surface area contributed by atoms with Crippen molar-refractivity contribution in [3.05, 3.63) is 59.4 Å². The summed E-state index contributed by atoms with van der Waals surface area (Å²) in [6.07, 6.45) is 0.263. The minimum Gasteiger partial charge on any atom is -0.349 e. The van der Waals surface area contributed by atoms with Gasteiger partial charge in [-0.3, -0.25) is 4.79 Å². The Hall–Kier alpha value is -3.03. The average Bonchev–Trinajstić information content (AvgIpc) is 2.84. The maximum absolute atomic E-state index is 14.3. The summed E-state index contributed by atoms with van der Waals surface area (Å²) in [4.78, 5) is 23.8. The Bertz CT molecular complexity index is 915. The van der Waals surface area contributed by atoms with Gasteiger partial charge in [0.2, 0.25) is 5.91 Å². The molecule has 2 aromatic carbocycles. The summed E-state index contributed by atoms with van der Waals surface area (Å²) in [5.41, 5.74) is -0.170. The van der Waals surface area contributed by atoms with Crippen LogP contribution in [-0.2, 0) is 4.79 Å². The highest BCUT2D eigenvalue weighted by molar-refractivity contribution is 5.99. The highest BCUT2D eigenvalue weighted by Crippen LogP contribution is 2.42. The van der Waals surface area contributed by atoms with Gasteiger partial charge in [0.25, 0.3) is 0 Å². The van der Waals surface area contributed by atoms with Crippen molar-refractivity contribution in [2.24, 2.45) is 5.41 Å². The van der Waals surface area contributed by atoms with Crippen molar-refractivity contribution in [2.45, 2.75) is 26.3 Å². The Balaban J connectivity index is 1.78. The van der Waals surface area contributed by atoms with Crippen LogP contribution in [0.1, 0.15) is 31.9 Å². The van der Waals surface area contributed by atoms with E-state index in [0.29, 0.717) is 6.07 Å². The van der Waals surface area contributed by atoms with Crippen LogP contribution in [0.4, 0.5) is 29.3 Å². The number of carbonyl (C=O) groups excluding carboxylic acids is 2. The number of urea groups is 1. The molecule has 3 rings (SSSR count). The fourth-order valence-electron chi connectivity index (χ4n) is 3.14. The Kier molecular flexibility index (Phi) is 4.82. The van der Waals surface area contributed by atoms with Crippen molar-refractivity contribution in [3.8, 4) is 0 Å². The molecule has 1 aliphatic rings. The summed E-state index contributed by atoms with van der Waals surface area (Å²) < 4.78 is 40.8. The number of benzene rings is 2. The fourth-order valence-corrected chi connectivity index (χ4v) is 3.14. The molecule has 1 atom stereocenters. The van der Waals surface area contributed by atoms with Crippen LogP contribution in [0.2, 0.25) is 0 Å². The molecule has 3 N–H and O–H groups in total. The van der Waals surface area contributed by atoms with Crippen LogP contribution in [0.25, 0.3) is 0 Å². The van der Waals surface area contributed by atoms with Crippen molar-refractivity contribution in [1.29, 1.82) is 0 Å². The SMILES string of the molecule is CC1(C)CC(=O)NC1c1cc(NC(=O)Nc2ccc(F)cc2F)ccc1F. The van der Waals surface area contributed by atoms with Crippen molar-refractivity contribution >= 4 is 23.3 Å². The predicted molar refractivity (Wildman–Crippen MR) is 94.7 cm³/mol. The number of hydrogen-bond donors (Lipinski definition) is 3. The van der Waals surface area contributed by atoms with Crippen molar-refractivity contribution in [2.75, 3.05) is 10.6 Å². The lowest BCUT2D eigenvalue weighted by atomic mass is 9.81. The molecule has 0 saturated carbocycles. The van der Waals surface area contributed by atoms with Gasteiger partial charge in [-0.05, 0) is 35.7 Å². The zero-order valence-electron chi connectivity index (χ0n) is 14.7. The molecule has 3 amide bonds. The van der Waals surface area contributed by atoms with Gasteiger partial charge in [0.05, 0.1) is 11.7 Å². The second-order valence-electron chi connectivity index (χ2n) is 7.11. The number of rotatable bonds is 3. The predicted octanol–water partition coefficient (Wildman–Crippen LogP) is 4.34. The molecule has 0 radical (unpaired) electrons. The monoisotopic (exact) mass is 377 g/mol. The van der Waals surface area contributed by atoms with Crippen LogP contribution in [0, 0.1) is 22.9 Å². The van der Waals surface area contributed by atoms with E-state index in [-0.39, 0.29) is 29.3 Å². The molecule has 142 valence electrons. The summed E-state index contributed by atoms with van der Waals surface area (Å²) in [5.74, 6) is -2.36. The lowest BCUT2D eigenvalue weighted by Crippen LogP contribution is -2.26. The van der Waals surface area contributed by atoms with E-state index in [4.69, 9.17) is 0 Å². The van der Waals surface area contributed by atoms with Crippen LogP contribution in [0.3, 0.4) is 0 Å². The first-order valence-electron chi connectivity index (χ1n) is 8.27. The quantitative estimate of drug-likeness (QED) is 0.745. The van der Waals surface area contributed by atoms with Crippen LogP contribution in [0.5, 0.6) is 0 Å². The molecule has 1 aliphatic heterocycles. The van der Waals surface area contributed by atoms with Gasteiger partial charge in [-0.15, -0.1) is 0 Å². The van der Waals surface area contributed by atoms with Crippen LogP contribution in [0.15, 0.2) is 36.4 Å². The first-order valence-corrected chi connectivity index (χ1v) is 8.27. The molecule has 1 saturated heterocycles. The van der Waals surface area contributed by atoms with Gasteiger partial charge in [-0.1, -0.05) is 13.8 Å². The Morgan fingerprint density at radius 3 is 2.44 bits per heavy atom. The molecular weight excluding hydrogens is 359 g/mol. The molecular formula is C19H18F3N3O2. The zero-order valence-corrected chi connectivity index (χ0v) is 14.7. The maximum atomic E-state index is 14.3. The van der Waals surface area contributed by atoms with E-state index in [2.05, 4.69) is 16.0 Å². The number of halogens is 3. The van der Waals surface area contributed by atoms with E-state index in [1.165, 1.54) is 18.2 Å². The molecule has 5 nitrogen and oxygen atoms in total. The third-order valence-corrected chi connectivity index (χ3v) is 4.45. The lowest BCUT2D eigenvalue weighted by Gasteiger charge is -2.26. The maximum Gasteiger partial charge on any atom is 0.323 e. The molecule has 1 heterocycles. The van der Waals surface area contributed by atoms with Crippen molar-refractivity contribution < 1.29 is 22.8 Å². The number of anilines is 2. The summed E-state index contributed by atoms with van der Waals surface area (Å²) in [6.45, 7) is 3.69. The van der Waals surface area contributed by atoms with Crippen LogP contribution >= 0.6 is 0 Å². The molecule has 0 aromatic heterocycles. The first kappa shape index (κ1) is 18.8. The van der Waals surface area contributed by atoms with Crippen LogP contribution < -0.4 is 16.0 Å². The highest BCUT2D eigenvalue weighted by Gasteiger charge is 2.41. The van der Waals surface area contributed by atoms with Crippen molar-refractivity contribution in [3.63, 3.8) is 0 Å². The number of amides is 3. The Morgan fingerprint density at radius 1 is 1.07 bits per heavy atom. The normalized spacial score (nSPS) is 18.1. The average molecular weight is 377 g/mol. The molecule has 0 aliphatic carbocycles. The Morgan fingerprint density at radius 2 is 1.81 bits per heavy atom. The highest BCUT2D eigenvalue weighted by atomic mass is 19.1. The van der Waals surface area contributed by atoms with Crippen LogP contribution in [-0.4, -0.2) is 11.9 Å². The molecule has 2 aromatic rings. The molecule has 0 bridgehead atoms. The second kappa shape index (κ2) is 6.94. The molecule has 8 heteroatoms. The van der Waals surface area contributed by atoms with Gasteiger partial charge >= 0.3 is 6.03 Å². The fraction of sp³-hybridized carbons (Fsp3) is 0.263. The molecule has 1 fully saturated rings. The van der Waals surface area contributed by atoms with Crippen molar-refractivity contribution in [1.82, 2.24) is 5.32 Å². The smallest absolute Gasteiger partial charge is 0.323 e. The van der Waals surface area contributed by atoms with E-state index in [1.54, 1.807) is 0 Å². The van der Waals surface area contributed by atoms with Gasteiger partial charge in [-0.2, -0.15) is 0 Å². The minimum atomic E-state index is -0.916. The molecule has 27 heavy (non-hydrogen) atoms. The Labute approximate surface area is 154 Å².